The van der Waals surface area contributed by atoms with Gasteiger partial charge in [-0.05, 0) is 43.7 Å². The zero-order valence-electron chi connectivity index (χ0n) is 22.2. The molecular formula is C30H34ClN5O3. The maximum atomic E-state index is 14.0. The number of nitrogens with one attached hydrogen (secondary N) is 1. The summed E-state index contributed by atoms with van der Waals surface area (Å²) in [6, 6.07) is 9.43. The molecule has 1 N–H and O–H groups in total. The number of rotatable bonds is 8. The predicted octanol–water partition coefficient (Wildman–Crippen LogP) is 5.08. The van der Waals surface area contributed by atoms with E-state index in [1.807, 2.05) is 48.4 Å². The molecule has 2 aromatic heterocycles. The first-order valence-electron chi connectivity index (χ1n) is 13.9. The number of carbonyl (C=O) groups is 1. The molecule has 3 aliphatic rings. The van der Waals surface area contributed by atoms with Crippen LogP contribution in [0.3, 0.4) is 0 Å². The van der Waals surface area contributed by atoms with E-state index in [4.69, 9.17) is 16.3 Å². The standard InChI is InChI=1S/C30H34ClN5O3/c1-35(20-29(16-17-29)23-12-6-7-13-24(23)31)27(38)30(14-8-3-9-15-30)39-19-22-18-25(37)36-28(32-22)33-26(34-36)21-10-4-2-5-11-21/h2,4-7,10,12-13,18,21H,3,8-9,11,14-17,19-20H2,1H3,(H,32,33,34). The molecule has 1 amide bonds. The van der Waals surface area contributed by atoms with Gasteiger partial charge in [0, 0.05) is 41.7 Å². The van der Waals surface area contributed by atoms with E-state index in [0.29, 0.717) is 36.7 Å². The van der Waals surface area contributed by atoms with E-state index in [0.717, 1.165) is 49.1 Å². The van der Waals surface area contributed by atoms with E-state index >= 15 is 0 Å². The topological polar surface area (TPSA) is 92.6 Å². The van der Waals surface area contributed by atoms with Crippen molar-refractivity contribution in [3.05, 3.63) is 87.1 Å². The van der Waals surface area contributed by atoms with Crippen LogP contribution in [-0.2, 0) is 21.6 Å². The van der Waals surface area contributed by atoms with Crippen molar-refractivity contribution in [3.8, 4) is 0 Å². The molecule has 204 valence electrons. The third-order valence-corrected chi connectivity index (χ3v) is 8.78. The highest BCUT2D eigenvalue weighted by Crippen LogP contribution is 2.51. The van der Waals surface area contributed by atoms with Crippen LogP contribution in [0.4, 0.5) is 0 Å². The Morgan fingerprint density at radius 1 is 1.18 bits per heavy atom. The molecule has 9 heteroatoms. The van der Waals surface area contributed by atoms with Crippen LogP contribution < -0.4 is 5.56 Å². The van der Waals surface area contributed by atoms with Crippen molar-refractivity contribution in [2.75, 3.05) is 13.6 Å². The Kier molecular flexibility index (Phi) is 6.93. The number of hydrogen-bond donors (Lipinski definition) is 1. The van der Waals surface area contributed by atoms with Gasteiger partial charge in [-0.25, -0.2) is 0 Å². The van der Waals surface area contributed by atoms with Crippen LogP contribution in [-0.4, -0.2) is 49.6 Å². The summed E-state index contributed by atoms with van der Waals surface area (Å²) < 4.78 is 7.76. The molecule has 8 nitrogen and oxygen atoms in total. The third-order valence-electron chi connectivity index (χ3n) is 8.45. The molecular weight excluding hydrogens is 514 g/mol. The van der Waals surface area contributed by atoms with Crippen molar-refractivity contribution >= 4 is 23.3 Å². The molecule has 0 saturated heterocycles. The summed E-state index contributed by atoms with van der Waals surface area (Å²) in [6.07, 6.45) is 15.2. The van der Waals surface area contributed by atoms with Gasteiger partial charge in [0.25, 0.3) is 11.5 Å². The zero-order valence-corrected chi connectivity index (χ0v) is 23.0. The average molecular weight is 548 g/mol. The van der Waals surface area contributed by atoms with Gasteiger partial charge < -0.3 is 14.6 Å². The fourth-order valence-electron chi connectivity index (χ4n) is 6.15. The van der Waals surface area contributed by atoms with E-state index in [1.165, 1.54) is 10.6 Å². The Balaban J connectivity index is 1.20. The van der Waals surface area contributed by atoms with Gasteiger partial charge in [0.2, 0.25) is 5.78 Å². The predicted molar refractivity (Wildman–Crippen MR) is 150 cm³/mol. The molecule has 2 saturated carbocycles. The van der Waals surface area contributed by atoms with Gasteiger partial charge >= 0.3 is 0 Å². The second-order valence-corrected chi connectivity index (χ2v) is 11.7. The van der Waals surface area contributed by atoms with Crippen molar-refractivity contribution < 1.29 is 9.53 Å². The van der Waals surface area contributed by atoms with E-state index in [9.17, 15) is 9.59 Å². The molecule has 0 aliphatic heterocycles. The average Bonchev–Trinajstić information content (AvgIpc) is 3.60. The number of allylic oxidation sites excluding steroid dienone is 4. The highest BCUT2D eigenvalue weighted by molar-refractivity contribution is 6.31. The molecule has 39 heavy (non-hydrogen) atoms. The lowest BCUT2D eigenvalue weighted by molar-refractivity contribution is -0.165. The number of halogens is 1. The number of aromatic amines is 1. The van der Waals surface area contributed by atoms with Crippen molar-refractivity contribution in [1.29, 1.82) is 0 Å². The van der Waals surface area contributed by atoms with Crippen LogP contribution in [0.1, 0.15) is 74.4 Å². The van der Waals surface area contributed by atoms with E-state index in [1.54, 1.807) is 0 Å². The Hall–Kier alpha value is -3.23. The van der Waals surface area contributed by atoms with Crippen LogP contribution in [0.25, 0.3) is 5.78 Å². The number of aromatic nitrogens is 4. The number of ether oxygens (including phenoxy) is 1. The number of hydrogen-bond acceptors (Lipinski definition) is 5. The van der Waals surface area contributed by atoms with Gasteiger partial charge in [-0.2, -0.15) is 9.50 Å². The SMILES string of the molecule is CN(CC1(c2ccccc2Cl)CC1)C(=O)C1(OCc2cc(=O)n3nc(C4C=CC=CC4)nc3[nH]2)CCCCC1. The molecule has 2 heterocycles. The Bertz CT molecular complexity index is 1500. The summed E-state index contributed by atoms with van der Waals surface area (Å²) in [5.74, 6) is 1.04. The Morgan fingerprint density at radius 2 is 1.97 bits per heavy atom. The number of carbonyl (C=O) groups excluding carboxylic acids is 1. The Labute approximate surface area is 232 Å². The van der Waals surface area contributed by atoms with E-state index in [2.05, 4.69) is 27.2 Å². The summed E-state index contributed by atoms with van der Waals surface area (Å²) >= 11 is 6.53. The van der Waals surface area contributed by atoms with Gasteiger partial charge in [-0.15, -0.1) is 5.10 Å². The lowest BCUT2D eigenvalue weighted by Gasteiger charge is -2.39. The van der Waals surface area contributed by atoms with Crippen LogP contribution in [0, 0.1) is 0 Å². The van der Waals surface area contributed by atoms with Crippen LogP contribution >= 0.6 is 11.6 Å². The minimum absolute atomic E-state index is 0.00542. The maximum absolute atomic E-state index is 14.0. The highest BCUT2D eigenvalue weighted by atomic mass is 35.5. The first-order valence-corrected chi connectivity index (χ1v) is 14.2. The number of fused-ring (bicyclic) bond motifs is 1. The summed E-state index contributed by atoms with van der Waals surface area (Å²) in [5, 5.41) is 5.18. The quantitative estimate of drug-likeness (QED) is 0.424. The molecule has 6 rings (SSSR count). The highest BCUT2D eigenvalue weighted by Gasteiger charge is 2.49. The number of H-pyrrole nitrogens is 1. The minimum Gasteiger partial charge on any atom is -0.359 e. The smallest absolute Gasteiger partial charge is 0.275 e. The van der Waals surface area contributed by atoms with Crippen molar-refractivity contribution in [1.82, 2.24) is 24.5 Å². The van der Waals surface area contributed by atoms with Gasteiger partial charge in [0.15, 0.2) is 5.82 Å². The van der Waals surface area contributed by atoms with Gasteiger partial charge in [0.05, 0.1) is 6.61 Å². The molecule has 1 aromatic carbocycles. The summed E-state index contributed by atoms with van der Waals surface area (Å²) in [5.41, 5.74) is 0.422. The molecule has 1 unspecified atom stereocenters. The number of nitrogens with zero attached hydrogens (tertiary/aromatic N) is 4. The van der Waals surface area contributed by atoms with Crippen molar-refractivity contribution in [2.45, 2.75) is 74.9 Å². The first-order chi connectivity index (χ1) is 18.9. The van der Waals surface area contributed by atoms with E-state index < -0.39 is 5.60 Å². The monoisotopic (exact) mass is 547 g/mol. The summed E-state index contributed by atoms with van der Waals surface area (Å²) in [4.78, 5) is 36.5. The molecule has 3 aromatic rings. The maximum Gasteiger partial charge on any atom is 0.275 e. The second-order valence-electron chi connectivity index (χ2n) is 11.3. The fraction of sp³-hybridized carbons (Fsp3) is 0.467. The van der Waals surface area contributed by atoms with E-state index in [-0.39, 0.29) is 29.4 Å². The molecule has 0 bridgehead atoms. The largest absolute Gasteiger partial charge is 0.359 e. The zero-order chi connectivity index (χ0) is 27.0. The van der Waals surface area contributed by atoms with Crippen LogP contribution in [0.15, 0.2) is 59.4 Å². The minimum atomic E-state index is -0.912. The Morgan fingerprint density at radius 3 is 2.69 bits per heavy atom. The molecule has 3 aliphatic carbocycles. The number of amides is 1. The second kappa shape index (κ2) is 10.4. The van der Waals surface area contributed by atoms with Gasteiger partial charge in [-0.1, -0.05) is 73.4 Å². The fourth-order valence-corrected chi connectivity index (χ4v) is 6.48. The summed E-state index contributed by atoms with van der Waals surface area (Å²) in [7, 11) is 1.87. The number of likely N-dealkylation sites (N-methyl/N-ethyl adjacent to an activating group) is 1. The molecule has 1 atom stereocenters. The van der Waals surface area contributed by atoms with Gasteiger partial charge in [-0.3, -0.25) is 9.59 Å². The third kappa shape index (κ3) is 5.08. The summed E-state index contributed by atoms with van der Waals surface area (Å²) in [6.45, 7) is 0.728. The molecule has 0 spiro atoms. The van der Waals surface area contributed by atoms with Gasteiger partial charge in [0.1, 0.15) is 5.60 Å². The van der Waals surface area contributed by atoms with Crippen LogP contribution in [0.2, 0.25) is 5.02 Å². The molecule has 0 radical (unpaired) electrons. The normalized spacial score (nSPS) is 21.2. The number of benzene rings is 1. The van der Waals surface area contributed by atoms with Crippen molar-refractivity contribution in [3.63, 3.8) is 0 Å². The molecule has 2 fully saturated rings. The van der Waals surface area contributed by atoms with Crippen molar-refractivity contribution in [2.24, 2.45) is 0 Å². The van der Waals surface area contributed by atoms with Crippen LogP contribution in [0.5, 0.6) is 0 Å². The first kappa shape index (κ1) is 26.0. The lowest BCUT2D eigenvalue weighted by atomic mass is 9.83. The lowest BCUT2D eigenvalue weighted by Crippen LogP contribution is -2.52.